The fourth-order valence-corrected chi connectivity index (χ4v) is 1.62. The van der Waals surface area contributed by atoms with Crippen LogP contribution in [-0.2, 0) is 11.2 Å². The largest absolute Gasteiger partial charge is 0.481 e. The lowest BCUT2D eigenvalue weighted by molar-refractivity contribution is -0.385. The number of carboxylic acids is 1. The summed E-state index contributed by atoms with van der Waals surface area (Å²) in [5, 5.41) is 19.6. The number of nitro groups is 1. The number of nitrogens with one attached hydrogen (secondary N) is 1. The number of aliphatic carboxylic acids is 1. The van der Waals surface area contributed by atoms with Crippen LogP contribution in [0.3, 0.4) is 0 Å². The fraction of sp³-hybridized carbons (Fsp3) is 0.100. The normalized spacial score (nSPS) is 10.4. The summed E-state index contributed by atoms with van der Waals surface area (Å²) in [6.45, 7) is 0. The summed E-state index contributed by atoms with van der Waals surface area (Å²) in [5.41, 5.74) is -0.674. The molecule has 2 aromatic rings. The van der Waals surface area contributed by atoms with E-state index in [1.165, 1.54) is 6.07 Å². The van der Waals surface area contributed by atoms with E-state index in [0.717, 1.165) is 12.4 Å². The highest BCUT2D eigenvalue weighted by atomic mass is 16.6. The third-order valence-corrected chi connectivity index (χ3v) is 2.38. The van der Waals surface area contributed by atoms with Gasteiger partial charge in [-0.05, 0) is 6.07 Å². The van der Waals surface area contributed by atoms with E-state index < -0.39 is 28.6 Å². The minimum atomic E-state index is -1.19. The summed E-state index contributed by atoms with van der Waals surface area (Å²) in [6.07, 6.45) is 0.655. The van der Waals surface area contributed by atoms with E-state index >= 15 is 0 Å². The van der Waals surface area contributed by atoms with Crippen LogP contribution in [0.15, 0.2) is 23.3 Å². The molecule has 1 aromatic carbocycles. The molecule has 0 radical (unpaired) electrons. The zero-order valence-corrected chi connectivity index (χ0v) is 8.91. The lowest BCUT2D eigenvalue weighted by atomic mass is 10.1. The van der Waals surface area contributed by atoms with Gasteiger partial charge in [0.1, 0.15) is 0 Å². The standard InChI is InChI=1S/C10H7N3O5/c14-9(15)2-5-1-7-6(3-8(5)13(17)18)10(16)12-4-11-7/h1,3-4H,2H2,(H,14,15)(H,11,12,16). The van der Waals surface area contributed by atoms with Crippen LogP contribution in [-0.4, -0.2) is 26.0 Å². The van der Waals surface area contributed by atoms with E-state index in [9.17, 15) is 19.7 Å². The molecule has 0 aliphatic heterocycles. The Labute approximate surface area is 99.1 Å². The maximum absolute atomic E-state index is 11.5. The molecular formula is C10H7N3O5. The van der Waals surface area contributed by atoms with Crippen LogP contribution in [0.2, 0.25) is 0 Å². The van der Waals surface area contributed by atoms with Crippen molar-refractivity contribution in [3.63, 3.8) is 0 Å². The molecule has 0 saturated carbocycles. The van der Waals surface area contributed by atoms with E-state index in [-0.39, 0.29) is 16.5 Å². The molecule has 0 saturated heterocycles. The first-order valence-electron chi connectivity index (χ1n) is 4.85. The summed E-state index contributed by atoms with van der Waals surface area (Å²) in [4.78, 5) is 38.3. The van der Waals surface area contributed by atoms with Crippen molar-refractivity contribution in [1.29, 1.82) is 0 Å². The van der Waals surface area contributed by atoms with E-state index in [1.807, 2.05) is 0 Å². The van der Waals surface area contributed by atoms with Gasteiger partial charge in [0, 0.05) is 11.6 Å². The Bertz CT molecular complexity index is 706. The highest BCUT2D eigenvalue weighted by Crippen LogP contribution is 2.23. The summed E-state index contributed by atoms with van der Waals surface area (Å²) < 4.78 is 0. The molecule has 8 heteroatoms. The van der Waals surface area contributed by atoms with Gasteiger partial charge in [0.25, 0.3) is 11.2 Å². The van der Waals surface area contributed by atoms with E-state index in [0.29, 0.717) is 0 Å². The van der Waals surface area contributed by atoms with Crippen LogP contribution in [0.1, 0.15) is 5.56 Å². The number of carboxylic acid groups (broad SMARTS) is 1. The predicted molar refractivity (Wildman–Crippen MR) is 60.4 cm³/mol. The van der Waals surface area contributed by atoms with Gasteiger partial charge in [-0.2, -0.15) is 0 Å². The molecule has 0 unspecified atom stereocenters. The zero-order valence-electron chi connectivity index (χ0n) is 8.91. The van der Waals surface area contributed by atoms with Gasteiger partial charge in [0.2, 0.25) is 0 Å². The Morgan fingerprint density at radius 1 is 1.50 bits per heavy atom. The van der Waals surface area contributed by atoms with Crippen molar-refractivity contribution in [2.24, 2.45) is 0 Å². The van der Waals surface area contributed by atoms with Crippen LogP contribution in [0.4, 0.5) is 5.69 Å². The summed E-state index contributed by atoms with van der Waals surface area (Å²) in [6, 6.07) is 2.29. The lowest BCUT2D eigenvalue weighted by Gasteiger charge is -2.02. The number of hydrogen-bond acceptors (Lipinski definition) is 5. The summed E-state index contributed by atoms with van der Waals surface area (Å²) in [7, 11) is 0. The van der Waals surface area contributed by atoms with Crippen LogP contribution in [0, 0.1) is 10.1 Å². The molecule has 2 N–H and O–H groups in total. The van der Waals surface area contributed by atoms with Gasteiger partial charge >= 0.3 is 5.97 Å². The maximum Gasteiger partial charge on any atom is 0.308 e. The predicted octanol–water partition coefficient (Wildman–Crippen LogP) is 0.458. The molecular weight excluding hydrogens is 242 g/mol. The van der Waals surface area contributed by atoms with Crippen LogP contribution in [0.5, 0.6) is 0 Å². The number of benzene rings is 1. The third kappa shape index (κ3) is 2.03. The Morgan fingerprint density at radius 2 is 2.22 bits per heavy atom. The number of hydrogen-bond donors (Lipinski definition) is 2. The molecule has 18 heavy (non-hydrogen) atoms. The fourth-order valence-electron chi connectivity index (χ4n) is 1.62. The average Bonchev–Trinajstić information content (AvgIpc) is 2.27. The van der Waals surface area contributed by atoms with Gasteiger partial charge in [-0.25, -0.2) is 4.98 Å². The number of aromatic nitrogens is 2. The molecule has 0 fully saturated rings. The molecule has 2 rings (SSSR count). The second-order valence-corrected chi connectivity index (χ2v) is 3.56. The minimum absolute atomic E-state index is 0.0121. The SMILES string of the molecule is O=C(O)Cc1cc2nc[nH]c(=O)c2cc1[N+](=O)[O-]. The summed E-state index contributed by atoms with van der Waals surface area (Å²) in [5.74, 6) is -1.19. The first-order valence-corrected chi connectivity index (χ1v) is 4.85. The Hall–Kier alpha value is -2.77. The number of aromatic amines is 1. The highest BCUT2D eigenvalue weighted by molar-refractivity contribution is 5.83. The van der Waals surface area contributed by atoms with Crippen molar-refractivity contribution in [2.45, 2.75) is 6.42 Å². The lowest BCUT2D eigenvalue weighted by Crippen LogP contribution is -2.09. The number of nitro benzene ring substituents is 1. The first-order chi connectivity index (χ1) is 8.49. The second kappa shape index (κ2) is 4.24. The molecule has 1 heterocycles. The smallest absolute Gasteiger partial charge is 0.308 e. The first kappa shape index (κ1) is 11.7. The van der Waals surface area contributed by atoms with Gasteiger partial charge < -0.3 is 10.1 Å². The minimum Gasteiger partial charge on any atom is -0.481 e. The van der Waals surface area contributed by atoms with Crippen molar-refractivity contribution >= 4 is 22.6 Å². The Balaban J connectivity index is 2.76. The van der Waals surface area contributed by atoms with Gasteiger partial charge in [-0.1, -0.05) is 0 Å². The van der Waals surface area contributed by atoms with Crippen LogP contribution in [0.25, 0.3) is 10.9 Å². The maximum atomic E-state index is 11.5. The van der Waals surface area contributed by atoms with Gasteiger partial charge in [0.15, 0.2) is 0 Å². The second-order valence-electron chi connectivity index (χ2n) is 3.56. The Morgan fingerprint density at radius 3 is 2.83 bits per heavy atom. The highest BCUT2D eigenvalue weighted by Gasteiger charge is 2.18. The van der Waals surface area contributed by atoms with Crippen molar-refractivity contribution in [1.82, 2.24) is 9.97 Å². The number of rotatable bonds is 3. The van der Waals surface area contributed by atoms with Crippen molar-refractivity contribution < 1.29 is 14.8 Å². The molecule has 0 spiro atoms. The van der Waals surface area contributed by atoms with Gasteiger partial charge in [0.05, 0.1) is 28.6 Å². The van der Waals surface area contributed by atoms with E-state index in [4.69, 9.17) is 5.11 Å². The van der Waals surface area contributed by atoms with Crippen molar-refractivity contribution in [2.75, 3.05) is 0 Å². The molecule has 0 bridgehead atoms. The third-order valence-electron chi connectivity index (χ3n) is 2.38. The van der Waals surface area contributed by atoms with Crippen LogP contribution >= 0.6 is 0 Å². The van der Waals surface area contributed by atoms with E-state index in [1.54, 1.807) is 0 Å². The van der Waals surface area contributed by atoms with Crippen molar-refractivity contribution in [3.8, 4) is 0 Å². The van der Waals surface area contributed by atoms with Crippen LogP contribution < -0.4 is 5.56 Å². The van der Waals surface area contributed by atoms with Crippen molar-refractivity contribution in [3.05, 3.63) is 44.5 Å². The zero-order chi connectivity index (χ0) is 13.3. The monoisotopic (exact) mass is 249 g/mol. The quantitative estimate of drug-likeness (QED) is 0.601. The molecule has 1 aromatic heterocycles. The number of carbonyl (C=O) groups is 1. The molecule has 8 nitrogen and oxygen atoms in total. The molecule has 0 atom stereocenters. The topological polar surface area (TPSA) is 126 Å². The van der Waals surface area contributed by atoms with Gasteiger partial charge in [-0.15, -0.1) is 0 Å². The molecule has 0 amide bonds. The van der Waals surface area contributed by atoms with Gasteiger partial charge in [-0.3, -0.25) is 19.7 Å². The molecule has 0 aliphatic carbocycles. The Kier molecular flexibility index (Phi) is 2.76. The van der Waals surface area contributed by atoms with E-state index in [2.05, 4.69) is 9.97 Å². The average molecular weight is 249 g/mol. The molecule has 0 aliphatic rings. The molecule has 92 valence electrons. The summed E-state index contributed by atoms with van der Waals surface area (Å²) >= 11 is 0. The number of H-pyrrole nitrogens is 1. The number of nitrogens with zero attached hydrogens (tertiary/aromatic N) is 2. The number of fused-ring (bicyclic) bond motifs is 1.